The first kappa shape index (κ1) is 21.1. The number of hydrogen-bond donors (Lipinski definition) is 2. The number of amides is 1. The van der Waals surface area contributed by atoms with Crippen LogP contribution in [0.15, 0.2) is 76.2 Å². The third kappa shape index (κ3) is 5.94. The highest BCUT2D eigenvalue weighted by molar-refractivity contribution is 7.89. The molecule has 0 spiro atoms. The van der Waals surface area contributed by atoms with Crippen molar-refractivity contribution in [1.82, 2.24) is 4.72 Å². The van der Waals surface area contributed by atoms with Crippen molar-refractivity contribution in [2.45, 2.75) is 17.9 Å². The van der Waals surface area contributed by atoms with E-state index in [2.05, 4.69) is 16.1 Å². The second kappa shape index (κ2) is 9.73. The van der Waals surface area contributed by atoms with Crippen molar-refractivity contribution in [3.63, 3.8) is 0 Å². The maximum absolute atomic E-state index is 12.4. The number of ether oxygens (including phenoxy) is 1. The van der Waals surface area contributed by atoms with Crippen molar-refractivity contribution in [2.24, 2.45) is 0 Å². The molecule has 0 unspecified atom stereocenters. The third-order valence-electron chi connectivity index (χ3n) is 4.02. The monoisotopic (exact) mass is 425 g/mol. The Labute approximate surface area is 174 Å². The number of carbonyl (C=O) groups is 1. The van der Waals surface area contributed by atoms with E-state index in [1.165, 1.54) is 24.5 Å². The summed E-state index contributed by atoms with van der Waals surface area (Å²) in [5, 5.41) is 11.3. The normalized spacial score (nSPS) is 10.9. The van der Waals surface area contributed by atoms with E-state index in [0.717, 1.165) is 5.56 Å². The van der Waals surface area contributed by atoms with Crippen LogP contribution in [0.25, 0.3) is 0 Å². The minimum absolute atomic E-state index is 0.0147. The number of nitrogens with one attached hydrogen (secondary N) is 2. The first-order chi connectivity index (χ1) is 14.5. The zero-order valence-corrected chi connectivity index (χ0v) is 16.7. The number of furan rings is 1. The van der Waals surface area contributed by atoms with Crippen molar-refractivity contribution < 1.29 is 22.4 Å². The molecule has 0 aliphatic rings. The Bertz CT molecular complexity index is 1130. The van der Waals surface area contributed by atoms with Crippen LogP contribution < -0.4 is 14.8 Å². The summed E-state index contributed by atoms with van der Waals surface area (Å²) in [6.07, 6.45) is 1.76. The molecule has 2 aromatic carbocycles. The van der Waals surface area contributed by atoms with Crippen LogP contribution in [0, 0.1) is 11.3 Å². The smallest absolute Gasteiger partial charge is 0.262 e. The zero-order valence-electron chi connectivity index (χ0n) is 15.9. The molecule has 0 fully saturated rings. The number of nitrogens with zero attached hydrogens (tertiary/aromatic N) is 1. The fourth-order valence-electron chi connectivity index (χ4n) is 2.54. The van der Waals surface area contributed by atoms with E-state index in [0.29, 0.717) is 23.6 Å². The minimum atomic E-state index is -3.77. The lowest BCUT2D eigenvalue weighted by Gasteiger charge is -2.10. The summed E-state index contributed by atoms with van der Waals surface area (Å²) in [5.74, 6) is 0.542. The van der Waals surface area contributed by atoms with Gasteiger partial charge in [-0.25, -0.2) is 13.1 Å². The average Bonchev–Trinajstić information content (AvgIpc) is 3.26. The van der Waals surface area contributed by atoms with Crippen molar-refractivity contribution in [2.75, 3.05) is 11.9 Å². The topological polar surface area (TPSA) is 121 Å². The zero-order chi connectivity index (χ0) is 21.4. The van der Waals surface area contributed by atoms with Crippen LogP contribution >= 0.6 is 0 Å². The summed E-state index contributed by atoms with van der Waals surface area (Å²) in [6.45, 7) is -0.224. The highest BCUT2D eigenvalue weighted by Gasteiger charge is 2.15. The van der Waals surface area contributed by atoms with Crippen LogP contribution in [0.3, 0.4) is 0 Å². The van der Waals surface area contributed by atoms with E-state index in [1.54, 1.807) is 42.5 Å². The van der Waals surface area contributed by atoms with Crippen LogP contribution in [0.2, 0.25) is 0 Å². The summed E-state index contributed by atoms with van der Waals surface area (Å²) >= 11 is 0. The molecule has 0 saturated carbocycles. The van der Waals surface area contributed by atoms with Crippen molar-refractivity contribution in [3.05, 3.63) is 78.3 Å². The summed E-state index contributed by atoms with van der Waals surface area (Å²) in [5.41, 5.74) is 1.18. The molecule has 1 amide bonds. The second-order valence-electron chi connectivity index (χ2n) is 6.25. The average molecular weight is 425 g/mol. The van der Waals surface area contributed by atoms with E-state index < -0.39 is 15.9 Å². The summed E-state index contributed by atoms with van der Waals surface area (Å²) in [6, 6.07) is 18.2. The summed E-state index contributed by atoms with van der Waals surface area (Å²) < 4.78 is 37.8. The minimum Gasteiger partial charge on any atom is -0.484 e. The van der Waals surface area contributed by atoms with Crippen molar-refractivity contribution >= 4 is 21.6 Å². The maximum Gasteiger partial charge on any atom is 0.262 e. The molecule has 0 atom stereocenters. The van der Waals surface area contributed by atoms with Gasteiger partial charge in [0.1, 0.15) is 11.5 Å². The lowest BCUT2D eigenvalue weighted by Crippen LogP contribution is -2.24. The van der Waals surface area contributed by atoms with Gasteiger partial charge in [0, 0.05) is 5.69 Å². The number of nitriles is 1. The number of anilines is 1. The molecule has 9 heteroatoms. The molecule has 30 heavy (non-hydrogen) atoms. The largest absolute Gasteiger partial charge is 0.484 e. The van der Waals surface area contributed by atoms with Gasteiger partial charge in [0.2, 0.25) is 10.0 Å². The van der Waals surface area contributed by atoms with Crippen LogP contribution in [0.1, 0.15) is 11.3 Å². The molecule has 3 aromatic rings. The fourth-order valence-corrected chi connectivity index (χ4v) is 3.58. The quantitative estimate of drug-likeness (QED) is 0.544. The number of hydrogen-bond acceptors (Lipinski definition) is 6. The lowest BCUT2D eigenvalue weighted by molar-refractivity contribution is -0.118. The molecule has 3 rings (SSSR count). The first-order valence-corrected chi connectivity index (χ1v) is 10.5. The van der Waals surface area contributed by atoms with Gasteiger partial charge >= 0.3 is 0 Å². The van der Waals surface area contributed by atoms with Gasteiger partial charge in [-0.15, -0.1) is 0 Å². The van der Waals surface area contributed by atoms with Gasteiger partial charge in [0.15, 0.2) is 6.61 Å². The van der Waals surface area contributed by atoms with Crippen molar-refractivity contribution in [3.8, 4) is 11.8 Å². The molecule has 0 aliphatic carbocycles. The lowest BCUT2D eigenvalue weighted by atomic mass is 10.2. The molecule has 0 aliphatic heterocycles. The molecule has 154 valence electrons. The first-order valence-electron chi connectivity index (χ1n) is 8.97. The summed E-state index contributed by atoms with van der Waals surface area (Å²) in [7, 11) is -3.77. The number of carbonyl (C=O) groups excluding carboxylic acids is 1. The van der Waals surface area contributed by atoms with Gasteiger partial charge < -0.3 is 14.5 Å². The highest BCUT2D eigenvalue weighted by atomic mass is 32.2. The third-order valence-corrected chi connectivity index (χ3v) is 5.42. The van der Waals surface area contributed by atoms with Gasteiger partial charge in [-0.3, -0.25) is 4.79 Å². The Morgan fingerprint density at radius 2 is 1.90 bits per heavy atom. The molecule has 1 heterocycles. The molecule has 0 radical (unpaired) electrons. The molecule has 0 bridgehead atoms. The molecular weight excluding hydrogens is 406 g/mol. The van der Waals surface area contributed by atoms with Crippen LogP contribution in [-0.2, 0) is 27.8 Å². The van der Waals surface area contributed by atoms with E-state index >= 15 is 0 Å². The van der Waals surface area contributed by atoms with Gasteiger partial charge in [-0.2, -0.15) is 5.26 Å². The Hall–Kier alpha value is -3.61. The van der Waals surface area contributed by atoms with E-state index in [1.807, 2.05) is 0 Å². The predicted octanol–water partition coefficient (Wildman–Crippen LogP) is 2.84. The van der Waals surface area contributed by atoms with Gasteiger partial charge in [-0.05, 0) is 48.0 Å². The molecule has 2 N–H and O–H groups in total. The summed E-state index contributed by atoms with van der Waals surface area (Å²) in [4.78, 5) is 12.2. The Morgan fingerprint density at radius 1 is 1.10 bits per heavy atom. The molecule has 0 saturated heterocycles. The van der Waals surface area contributed by atoms with E-state index in [4.69, 9.17) is 14.4 Å². The molecule has 8 nitrogen and oxygen atoms in total. The van der Waals surface area contributed by atoms with E-state index in [-0.39, 0.29) is 18.0 Å². The van der Waals surface area contributed by atoms with Gasteiger partial charge in [0.05, 0.1) is 30.2 Å². The Morgan fingerprint density at radius 3 is 2.60 bits per heavy atom. The number of sulfonamides is 1. The highest BCUT2D eigenvalue weighted by Crippen LogP contribution is 2.17. The standard InChI is InChI=1S/C21H19N3O5S/c22-11-10-16-6-8-18(9-7-16)29-15-21(25)24-17-3-1-5-20(13-17)30(26,27)23-14-19-4-2-12-28-19/h1-9,12-13,23H,10,14-15H2,(H,24,25). The van der Waals surface area contributed by atoms with Crippen LogP contribution in [-0.4, -0.2) is 20.9 Å². The maximum atomic E-state index is 12.4. The fraction of sp³-hybridized carbons (Fsp3) is 0.143. The van der Waals surface area contributed by atoms with Crippen LogP contribution in [0.5, 0.6) is 5.75 Å². The van der Waals surface area contributed by atoms with E-state index in [9.17, 15) is 13.2 Å². The Balaban J connectivity index is 1.56. The Kier molecular flexibility index (Phi) is 6.85. The second-order valence-corrected chi connectivity index (χ2v) is 8.01. The molecular formula is C21H19N3O5S. The SMILES string of the molecule is N#CCc1ccc(OCC(=O)Nc2cccc(S(=O)(=O)NCc3ccco3)c2)cc1. The van der Waals surface area contributed by atoms with Gasteiger partial charge in [0.25, 0.3) is 5.91 Å². The van der Waals surface area contributed by atoms with Crippen molar-refractivity contribution in [1.29, 1.82) is 5.26 Å². The van der Waals surface area contributed by atoms with Crippen LogP contribution in [0.4, 0.5) is 5.69 Å². The number of rotatable bonds is 9. The molecule has 1 aromatic heterocycles. The van der Waals surface area contributed by atoms with Gasteiger partial charge in [-0.1, -0.05) is 18.2 Å². The predicted molar refractivity (Wildman–Crippen MR) is 109 cm³/mol. The number of benzene rings is 2.